The van der Waals surface area contributed by atoms with Crippen LogP contribution in [0.3, 0.4) is 0 Å². The molecule has 2 fully saturated rings. The number of nitrogens with one attached hydrogen (secondary N) is 1. The summed E-state index contributed by atoms with van der Waals surface area (Å²) in [6.45, 7) is 3.64. The molecule has 2 unspecified atom stereocenters. The van der Waals surface area contributed by atoms with E-state index in [1.807, 2.05) is 0 Å². The summed E-state index contributed by atoms with van der Waals surface area (Å²) in [7, 11) is 0. The first-order valence-corrected chi connectivity index (χ1v) is 9.53. The van der Waals surface area contributed by atoms with E-state index >= 15 is 0 Å². The summed E-state index contributed by atoms with van der Waals surface area (Å²) in [6.07, 6.45) is 2.37. The van der Waals surface area contributed by atoms with Crippen molar-refractivity contribution in [3.05, 3.63) is 29.3 Å². The molecule has 2 amide bonds. The van der Waals surface area contributed by atoms with Crippen molar-refractivity contribution in [1.82, 2.24) is 10.2 Å². The third-order valence-corrected chi connectivity index (χ3v) is 5.10. The highest BCUT2D eigenvalue weighted by Gasteiger charge is 2.30. The summed E-state index contributed by atoms with van der Waals surface area (Å²) >= 11 is 5.86. The lowest BCUT2D eigenvalue weighted by atomic mass is 10.0. The van der Waals surface area contributed by atoms with Crippen LogP contribution < -0.4 is 10.1 Å². The number of amides is 2. The second-order valence-electron chi connectivity index (χ2n) is 6.82. The Bertz CT molecular complexity index is 623. The Balaban J connectivity index is 1.43. The average molecular weight is 381 g/mol. The van der Waals surface area contributed by atoms with Crippen LogP contribution in [0.25, 0.3) is 0 Å². The molecule has 1 aromatic carbocycles. The van der Waals surface area contributed by atoms with Crippen LogP contribution in [0.15, 0.2) is 24.3 Å². The van der Waals surface area contributed by atoms with E-state index in [4.69, 9.17) is 21.1 Å². The van der Waals surface area contributed by atoms with E-state index in [0.29, 0.717) is 30.5 Å². The largest absolute Gasteiger partial charge is 0.481 e. The van der Waals surface area contributed by atoms with E-state index in [9.17, 15) is 9.59 Å². The quantitative estimate of drug-likeness (QED) is 0.851. The summed E-state index contributed by atoms with van der Waals surface area (Å²) in [4.78, 5) is 26.5. The Kier molecular flexibility index (Phi) is 6.38. The summed E-state index contributed by atoms with van der Waals surface area (Å²) in [6, 6.07) is 7.06. The molecule has 0 bridgehead atoms. The van der Waals surface area contributed by atoms with Gasteiger partial charge in [-0.1, -0.05) is 11.6 Å². The van der Waals surface area contributed by atoms with Gasteiger partial charge in [-0.25, -0.2) is 0 Å². The molecule has 2 atom stereocenters. The van der Waals surface area contributed by atoms with Gasteiger partial charge in [-0.3, -0.25) is 9.59 Å². The van der Waals surface area contributed by atoms with Gasteiger partial charge >= 0.3 is 0 Å². The Morgan fingerprint density at radius 1 is 1.23 bits per heavy atom. The van der Waals surface area contributed by atoms with Crippen molar-refractivity contribution in [2.24, 2.45) is 0 Å². The van der Waals surface area contributed by atoms with Crippen molar-refractivity contribution in [3.63, 3.8) is 0 Å². The second kappa shape index (κ2) is 8.73. The van der Waals surface area contributed by atoms with Crippen molar-refractivity contribution < 1.29 is 19.1 Å². The lowest BCUT2D eigenvalue weighted by molar-refractivity contribution is -0.139. The van der Waals surface area contributed by atoms with Crippen molar-refractivity contribution in [2.45, 2.75) is 50.9 Å². The summed E-state index contributed by atoms with van der Waals surface area (Å²) in [5.41, 5.74) is 0. The number of ether oxygens (including phenoxy) is 2. The van der Waals surface area contributed by atoms with Crippen LogP contribution in [0, 0.1) is 0 Å². The Hall–Kier alpha value is -1.79. The van der Waals surface area contributed by atoms with Crippen molar-refractivity contribution in [1.29, 1.82) is 0 Å². The zero-order chi connectivity index (χ0) is 18.5. The predicted molar refractivity (Wildman–Crippen MR) is 98.3 cm³/mol. The molecule has 7 heteroatoms. The maximum absolute atomic E-state index is 12.6. The fourth-order valence-electron chi connectivity index (χ4n) is 3.35. The molecule has 142 valence electrons. The van der Waals surface area contributed by atoms with Gasteiger partial charge in [0.15, 0.2) is 6.10 Å². The van der Waals surface area contributed by atoms with Gasteiger partial charge in [0.1, 0.15) is 11.9 Å². The van der Waals surface area contributed by atoms with Gasteiger partial charge in [-0.2, -0.15) is 0 Å². The molecular weight excluding hydrogens is 356 g/mol. The Morgan fingerprint density at radius 3 is 2.54 bits per heavy atom. The minimum atomic E-state index is -0.561. The van der Waals surface area contributed by atoms with Crippen LogP contribution in [-0.2, 0) is 14.3 Å². The van der Waals surface area contributed by atoms with Gasteiger partial charge < -0.3 is 19.7 Å². The molecule has 2 saturated heterocycles. The first kappa shape index (κ1) is 19.0. The lowest BCUT2D eigenvalue weighted by Gasteiger charge is -2.34. The molecule has 2 heterocycles. The fourth-order valence-corrected chi connectivity index (χ4v) is 3.47. The number of carbonyl (C=O) groups excluding carboxylic acids is 2. The van der Waals surface area contributed by atoms with Crippen molar-refractivity contribution in [2.75, 3.05) is 19.7 Å². The third-order valence-electron chi connectivity index (χ3n) is 4.85. The van der Waals surface area contributed by atoms with E-state index in [-0.39, 0.29) is 24.0 Å². The first-order valence-electron chi connectivity index (χ1n) is 9.16. The van der Waals surface area contributed by atoms with Crippen molar-refractivity contribution in [3.8, 4) is 5.75 Å². The molecule has 6 nitrogen and oxygen atoms in total. The minimum absolute atomic E-state index is 0.0216. The van der Waals surface area contributed by atoms with E-state index in [2.05, 4.69) is 5.32 Å². The van der Waals surface area contributed by atoms with Crippen LogP contribution >= 0.6 is 11.6 Å². The zero-order valence-electron chi connectivity index (χ0n) is 14.9. The van der Waals surface area contributed by atoms with Crippen LogP contribution in [0.5, 0.6) is 5.75 Å². The molecule has 2 aliphatic rings. The standard InChI is InChI=1S/C19H25ClN2O4/c1-13(26-16-6-4-14(20)5-7-16)19(24)22-10-8-15(9-11-22)21-18(23)17-3-2-12-25-17/h4-7,13,15,17H,2-3,8-12H2,1H3,(H,21,23). The Labute approximate surface area is 158 Å². The number of carbonyl (C=O) groups is 2. The normalized spacial score (nSPS) is 22.1. The number of benzene rings is 1. The molecule has 0 radical (unpaired) electrons. The minimum Gasteiger partial charge on any atom is -0.481 e. The highest BCUT2D eigenvalue weighted by Crippen LogP contribution is 2.19. The van der Waals surface area contributed by atoms with Crippen molar-refractivity contribution >= 4 is 23.4 Å². The number of halogens is 1. The van der Waals surface area contributed by atoms with Crippen LogP contribution in [0.1, 0.15) is 32.6 Å². The number of nitrogens with zero attached hydrogens (tertiary/aromatic N) is 1. The average Bonchev–Trinajstić information content (AvgIpc) is 3.18. The summed E-state index contributed by atoms with van der Waals surface area (Å²) < 4.78 is 11.1. The molecule has 3 rings (SSSR count). The maximum Gasteiger partial charge on any atom is 0.263 e. The number of rotatable bonds is 5. The van der Waals surface area contributed by atoms with Gasteiger partial charge in [-0.15, -0.1) is 0 Å². The maximum atomic E-state index is 12.6. The molecule has 1 N–H and O–H groups in total. The molecule has 0 spiro atoms. The van der Waals surface area contributed by atoms with Gasteiger partial charge in [0.2, 0.25) is 5.91 Å². The molecule has 2 aliphatic heterocycles. The highest BCUT2D eigenvalue weighted by atomic mass is 35.5. The van der Waals surface area contributed by atoms with Gasteiger partial charge in [0.05, 0.1) is 0 Å². The van der Waals surface area contributed by atoms with Gasteiger partial charge in [0.25, 0.3) is 5.91 Å². The van der Waals surface area contributed by atoms with E-state index in [1.165, 1.54) is 0 Å². The van der Waals surface area contributed by atoms with Gasteiger partial charge in [-0.05, 0) is 56.9 Å². The van der Waals surface area contributed by atoms with E-state index in [1.54, 1.807) is 36.1 Å². The molecule has 26 heavy (non-hydrogen) atoms. The smallest absolute Gasteiger partial charge is 0.263 e. The molecular formula is C19H25ClN2O4. The Morgan fingerprint density at radius 2 is 1.92 bits per heavy atom. The SMILES string of the molecule is CC(Oc1ccc(Cl)cc1)C(=O)N1CCC(NC(=O)C2CCCO2)CC1. The van der Waals surface area contributed by atoms with Crippen LogP contribution in [0.2, 0.25) is 5.02 Å². The number of piperidine rings is 1. The zero-order valence-corrected chi connectivity index (χ0v) is 15.7. The summed E-state index contributed by atoms with van der Waals surface area (Å²) in [5.74, 6) is 0.560. The number of hydrogen-bond acceptors (Lipinski definition) is 4. The number of likely N-dealkylation sites (tertiary alicyclic amines) is 1. The predicted octanol–water partition coefficient (Wildman–Crippen LogP) is 2.39. The summed E-state index contributed by atoms with van der Waals surface area (Å²) in [5, 5.41) is 3.68. The first-order chi connectivity index (χ1) is 12.5. The molecule has 0 aromatic heterocycles. The number of hydrogen-bond donors (Lipinski definition) is 1. The topological polar surface area (TPSA) is 67.9 Å². The second-order valence-corrected chi connectivity index (χ2v) is 7.26. The molecule has 0 saturated carbocycles. The lowest BCUT2D eigenvalue weighted by Crippen LogP contribution is -2.51. The highest BCUT2D eigenvalue weighted by molar-refractivity contribution is 6.30. The monoisotopic (exact) mass is 380 g/mol. The fraction of sp³-hybridized carbons (Fsp3) is 0.579. The molecule has 0 aliphatic carbocycles. The van der Waals surface area contributed by atoms with Crippen LogP contribution in [0.4, 0.5) is 0 Å². The van der Waals surface area contributed by atoms with E-state index < -0.39 is 6.10 Å². The van der Waals surface area contributed by atoms with E-state index in [0.717, 1.165) is 25.7 Å². The molecule has 1 aromatic rings. The van der Waals surface area contributed by atoms with Gasteiger partial charge in [0, 0.05) is 30.8 Å². The van der Waals surface area contributed by atoms with Crippen LogP contribution in [-0.4, -0.2) is 54.7 Å². The third kappa shape index (κ3) is 4.89.